The molecule has 0 aliphatic rings. The Kier molecular flexibility index (Phi) is 5.17. The van der Waals surface area contributed by atoms with Crippen LogP contribution in [-0.4, -0.2) is 16.7 Å². The first-order valence-corrected chi connectivity index (χ1v) is 8.74. The number of para-hydroxylation sites is 1. The van der Waals surface area contributed by atoms with Crippen molar-refractivity contribution in [2.45, 2.75) is 27.7 Å². The molecule has 4 heteroatoms. The molecule has 0 fully saturated rings. The average Bonchev–Trinajstić information content (AvgIpc) is 2.61. The van der Waals surface area contributed by atoms with Gasteiger partial charge in [-0.15, -0.1) is 0 Å². The van der Waals surface area contributed by atoms with Crippen LogP contribution < -0.4 is 4.74 Å². The second kappa shape index (κ2) is 7.54. The summed E-state index contributed by atoms with van der Waals surface area (Å²) >= 11 is 0. The maximum absolute atomic E-state index is 12.9. The van der Waals surface area contributed by atoms with Crippen molar-refractivity contribution in [1.82, 2.24) is 4.98 Å². The Morgan fingerprint density at radius 2 is 1.52 bits per heavy atom. The molecule has 3 rings (SSSR count). The first-order chi connectivity index (χ1) is 12.9. The van der Waals surface area contributed by atoms with E-state index in [1.165, 1.54) is 0 Å². The summed E-state index contributed by atoms with van der Waals surface area (Å²) in [4.78, 5) is 29.9. The molecule has 136 valence electrons. The van der Waals surface area contributed by atoms with E-state index in [4.69, 9.17) is 4.74 Å². The number of ketones is 1. The van der Waals surface area contributed by atoms with E-state index in [0.29, 0.717) is 16.8 Å². The predicted molar refractivity (Wildman–Crippen MR) is 104 cm³/mol. The van der Waals surface area contributed by atoms with Crippen LogP contribution in [0.15, 0.2) is 54.7 Å². The molecule has 0 N–H and O–H groups in total. The number of pyridine rings is 1. The van der Waals surface area contributed by atoms with Gasteiger partial charge in [0.2, 0.25) is 5.78 Å². The molecular formula is C23H21NO3. The van der Waals surface area contributed by atoms with Gasteiger partial charge in [0.05, 0.1) is 11.1 Å². The molecule has 0 spiro atoms. The summed E-state index contributed by atoms with van der Waals surface area (Å²) < 4.78 is 5.63. The molecule has 0 amide bonds. The lowest BCUT2D eigenvalue weighted by molar-refractivity contribution is 0.0731. The smallest absolute Gasteiger partial charge is 0.344 e. The third-order valence-electron chi connectivity index (χ3n) is 4.44. The Hall–Kier alpha value is -3.27. The standard InChI is InChI=1S/C23H21NO3/c1-14-12-16(3)20(17(4)13-14)23(26)27-19-10-6-5-9-18(19)22(25)21-15(2)8-7-11-24-21/h5-13H,1-4H3. The van der Waals surface area contributed by atoms with Gasteiger partial charge in [-0.2, -0.15) is 0 Å². The lowest BCUT2D eigenvalue weighted by Crippen LogP contribution is -2.15. The summed E-state index contributed by atoms with van der Waals surface area (Å²) in [5.74, 6) is -0.506. The normalized spacial score (nSPS) is 10.5. The van der Waals surface area contributed by atoms with Crippen LogP contribution in [0.2, 0.25) is 0 Å². The Labute approximate surface area is 158 Å². The molecule has 1 aromatic heterocycles. The number of benzene rings is 2. The van der Waals surface area contributed by atoms with E-state index in [9.17, 15) is 9.59 Å². The highest BCUT2D eigenvalue weighted by Gasteiger charge is 2.21. The van der Waals surface area contributed by atoms with Gasteiger partial charge in [-0.05, 0) is 62.6 Å². The van der Waals surface area contributed by atoms with Gasteiger partial charge in [0.1, 0.15) is 11.4 Å². The van der Waals surface area contributed by atoms with Crippen LogP contribution >= 0.6 is 0 Å². The van der Waals surface area contributed by atoms with Crippen LogP contribution in [0.25, 0.3) is 0 Å². The first kappa shape index (κ1) is 18.5. The van der Waals surface area contributed by atoms with Gasteiger partial charge in [-0.3, -0.25) is 9.78 Å². The zero-order valence-electron chi connectivity index (χ0n) is 15.9. The summed E-state index contributed by atoms with van der Waals surface area (Å²) in [7, 11) is 0. The third kappa shape index (κ3) is 3.80. The lowest BCUT2D eigenvalue weighted by atomic mass is 10.00. The van der Waals surface area contributed by atoms with Crippen molar-refractivity contribution in [3.63, 3.8) is 0 Å². The molecule has 0 radical (unpaired) electrons. The number of hydrogen-bond donors (Lipinski definition) is 0. The van der Waals surface area contributed by atoms with Crippen molar-refractivity contribution in [2.24, 2.45) is 0 Å². The zero-order chi connectivity index (χ0) is 19.6. The van der Waals surface area contributed by atoms with E-state index in [1.54, 1.807) is 36.5 Å². The number of aryl methyl sites for hydroxylation is 4. The minimum atomic E-state index is -0.469. The van der Waals surface area contributed by atoms with Crippen molar-refractivity contribution in [3.05, 3.63) is 93.8 Å². The lowest BCUT2D eigenvalue weighted by Gasteiger charge is -2.13. The number of rotatable bonds is 4. The van der Waals surface area contributed by atoms with Gasteiger partial charge < -0.3 is 4.74 Å². The number of nitrogens with zero attached hydrogens (tertiary/aromatic N) is 1. The number of hydrogen-bond acceptors (Lipinski definition) is 4. The first-order valence-electron chi connectivity index (χ1n) is 8.74. The largest absolute Gasteiger partial charge is 0.422 e. The van der Waals surface area contributed by atoms with E-state index >= 15 is 0 Å². The van der Waals surface area contributed by atoms with E-state index < -0.39 is 5.97 Å². The SMILES string of the molecule is Cc1cc(C)c(C(=O)Oc2ccccc2C(=O)c2ncccc2C)c(C)c1. The van der Waals surface area contributed by atoms with Gasteiger partial charge in [-0.1, -0.05) is 35.9 Å². The Morgan fingerprint density at radius 3 is 2.19 bits per heavy atom. The van der Waals surface area contributed by atoms with Gasteiger partial charge in [0.15, 0.2) is 0 Å². The van der Waals surface area contributed by atoms with Crippen LogP contribution in [0.3, 0.4) is 0 Å². The number of ether oxygens (including phenoxy) is 1. The maximum atomic E-state index is 12.9. The fourth-order valence-electron chi connectivity index (χ4n) is 3.25. The highest BCUT2D eigenvalue weighted by atomic mass is 16.5. The van der Waals surface area contributed by atoms with Gasteiger partial charge in [-0.25, -0.2) is 4.79 Å². The molecule has 1 heterocycles. The highest BCUT2D eigenvalue weighted by Crippen LogP contribution is 2.25. The molecule has 0 atom stereocenters. The molecule has 0 aliphatic carbocycles. The van der Waals surface area contributed by atoms with E-state index in [0.717, 1.165) is 22.3 Å². The number of esters is 1. The van der Waals surface area contributed by atoms with Crippen LogP contribution in [0.1, 0.15) is 48.7 Å². The molecule has 27 heavy (non-hydrogen) atoms. The summed E-state index contributed by atoms with van der Waals surface area (Å²) in [6.07, 6.45) is 1.58. The molecule has 0 saturated carbocycles. The molecule has 3 aromatic rings. The quantitative estimate of drug-likeness (QED) is 0.383. The Bertz CT molecular complexity index is 1010. The monoisotopic (exact) mass is 359 g/mol. The Balaban J connectivity index is 1.97. The van der Waals surface area contributed by atoms with Crippen molar-refractivity contribution in [3.8, 4) is 5.75 Å². The van der Waals surface area contributed by atoms with E-state index in [-0.39, 0.29) is 11.5 Å². The van der Waals surface area contributed by atoms with E-state index in [2.05, 4.69) is 4.98 Å². The molecule has 0 unspecified atom stereocenters. The van der Waals surface area contributed by atoms with Crippen LogP contribution in [-0.2, 0) is 0 Å². The summed E-state index contributed by atoms with van der Waals surface area (Å²) in [6, 6.07) is 14.2. The molecule has 2 aromatic carbocycles. The van der Waals surface area contributed by atoms with Crippen molar-refractivity contribution in [1.29, 1.82) is 0 Å². The van der Waals surface area contributed by atoms with Crippen LogP contribution in [0, 0.1) is 27.7 Å². The zero-order valence-corrected chi connectivity index (χ0v) is 15.9. The maximum Gasteiger partial charge on any atom is 0.344 e. The predicted octanol–water partition coefficient (Wildman–Crippen LogP) is 4.77. The van der Waals surface area contributed by atoms with E-state index in [1.807, 2.05) is 45.9 Å². The van der Waals surface area contributed by atoms with Crippen molar-refractivity contribution in [2.75, 3.05) is 0 Å². The summed E-state index contributed by atoms with van der Waals surface area (Å²) in [6.45, 7) is 7.57. The fraction of sp³-hybridized carbons (Fsp3) is 0.174. The minimum Gasteiger partial charge on any atom is -0.422 e. The minimum absolute atomic E-state index is 0.233. The number of carbonyl (C=O) groups excluding carboxylic acids is 2. The third-order valence-corrected chi connectivity index (χ3v) is 4.44. The second-order valence-corrected chi connectivity index (χ2v) is 6.66. The van der Waals surface area contributed by atoms with Gasteiger partial charge in [0, 0.05) is 6.20 Å². The highest BCUT2D eigenvalue weighted by molar-refractivity contribution is 6.10. The average molecular weight is 359 g/mol. The van der Waals surface area contributed by atoms with Crippen LogP contribution in [0.5, 0.6) is 5.75 Å². The Morgan fingerprint density at radius 1 is 0.852 bits per heavy atom. The molecule has 0 aliphatic heterocycles. The molecular weight excluding hydrogens is 338 g/mol. The fourth-order valence-corrected chi connectivity index (χ4v) is 3.25. The molecule has 0 saturated heterocycles. The molecule has 0 bridgehead atoms. The second-order valence-electron chi connectivity index (χ2n) is 6.66. The van der Waals surface area contributed by atoms with Gasteiger partial charge in [0.25, 0.3) is 0 Å². The summed E-state index contributed by atoms with van der Waals surface area (Å²) in [5, 5.41) is 0. The van der Waals surface area contributed by atoms with Crippen molar-refractivity contribution < 1.29 is 14.3 Å². The molecule has 4 nitrogen and oxygen atoms in total. The number of carbonyl (C=O) groups is 2. The van der Waals surface area contributed by atoms with Crippen LogP contribution in [0.4, 0.5) is 0 Å². The number of aromatic nitrogens is 1. The van der Waals surface area contributed by atoms with Gasteiger partial charge >= 0.3 is 5.97 Å². The summed E-state index contributed by atoms with van der Waals surface area (Å²) in [5.41, 5.74) is 4.75. The van der Waals surface area contributed by atoms with Crippen molar-refractivity contribution >= 4 is 11.8 Å². The topological polar surface area (TPSA) is 56.3 Å².